The molecule has 0 aliphatic rings. The van der Waals surface area contributed by atoms with Crippen LogP contribution in [0.1, 0.15) is 48.9 Å². The van der Waals surface area contributed by atoms with Crippen LogP contribution in [0.15, 0.2) is 42.5 Å². The first-order valence-corrected chi connectivity index (χ1v) is 9.07. The topological polar surface area (TPSA) is 29.5 Å². The maximum Gasteiger partial charge on any atom is 0.227 e. The third-order valence-electron chi connectivity index (χ3n) is 4.57. The van der Waals surface area contributed by atoms with Gasteiger partial charge >= 0.3 is 0 Å². The normalized spacial score (nSPS) is 12.0. The van der Waals surface area contributed by atoms with Crippen molar-refractivity contribution in [1.82, 2.24) is 0 Å². The van der Waals surface area contributed by atoms with Crippen LogP contribution in [0.25, 0.3) is 0 Å². The van der Waals surface area contributed by atoms with E-state index >= 15 is 0 Å². The average Bonchev–Trinajstić information content (AvgIpc) is 2.62. The monoisotopic (exact) mass is 357 g/mol. The van der Waals surface area contributed by atoms with E-state index in [1.807, 2.05) is 45.0 Å². The van der Waals surface area contributed by atoms with E-state index in [0.29, 0.717) is 18.7 Å². The van der Waals surface area contributed by atoms with Gasteiger partial charge in [0.05, 0.1) is 11.7 Å². The Hall–Kier alpha value is -2.20. The standard InChI is InChI=1S/C22H28FNO2/c1-16-8-11-19(12-9-16)18(3)24(22(25)7-5-6-14-26-4)21-15-17(2)10-13-20(21)23/h8-13,15,18H,5-7,14H2,1-4H3. The molecule has 4 heteroatoms. The molecule has 0 heterocycles. The van der Waals surface area contributed by atoms with Gasteiger partial charge in [-0.25, -0.2) is 4.39 Å². The van der Waals surface area contributed by atoms with Crippen molar-refractivity contribution >= 4 is 11.6 Å². The van der Waals surface area contributed by atoms with Gasteiger partial charge in [-0.15, -0.1) is 0 Å². The highest BCUT2D eigenvalue weighted by molar-refractivity contribution is 5.94. The number of amides is 1. The molecule has 0 bridgehead atoms. The number of methoxy groups -OCH3 is 1. The van der Waals surface area contributed by atoms with Crippen molar-refractivity contribution in [2.75, 3.05) is 18.6 Å². The number of ether oxygens (including phenoxy) is 1. The number of rotatable bonds is 8. The SMILES string of the molecule is COCCCCC(=O)N(c1cc(C)ccc1F)C(C)c1ccc(C)cc1. The Kier molecular flexibility index (Phi) is 7.34. The van der Waals surface area contributed by atoms with E-state index in [-0.39, 0.29) is 17.8 Å². The van der Waals surface area contributed by atoms with Crippen LogP contribution in [0.5, 0.6) is 0 Å². The highest BCUT2D eigenvalue weighted by Gasteiger charge is 2.25. The summed E-state index contributed by atoms with van der Waals surface area (Å²) in [6.07, 6.45) is 1.90. The first kappa shape index (κ1) is 20.1. The van der Waals surface area contributed by atoms with Crippen molar-refractivity contribution in [3.63, 3.8) is 0 Å². The molecule has 0 aromatic heterocycles. The maximum absolute atomic E-state index is 14.5. The Bertz CT molecular complexity index is 727. The Labute approximate surface area is 155 Å². The molecule has 0 fully saturated rings. The van der Waals surface area contributed by atoms with E-state index in [2.05, 4.69) is 0 Å². The number of carbonyl (C=O) groups is 1. The molecule has 3 nitrogen and oxygen atoms in total. The van der Waals surface area contributed by atoms with Crippen molar-refractivity contribution in [2.24, 2.45) is 0 Å². The van der Waals surface area contributed by atoms with Crippen molar-refractivity contribution in [2.45, 2.75) is 46.1 Å². The van der Waals surface area contributed by atoms with Crippen LogP contribution in [0.4, 0.5) is 10.1 Å². The molecule has 2 rings (SSSR count). The minimum atomic E-state index is -0.375. The summed E-state index contributed by atoms with van der Waals surface area (Å²) in [5.74, 6) is -0.446. The molecule has 1 atom stereocenters. The minimum absolute atomic E-state index is 0.0707. The zero-order chi connectivity index (χ0) is 19.1. The number of hydrogen-bond donors (Lipinski definition) is 0. The first-order chi connectivity index (χ1) is 12.4. The molecule has 1 amide bonds. The fourth-order valence-electron chi connectivity index (χ4n) is 3.00. The molecule has 1 unspecified atom stereocenters. The Morgan fingerprint density at radius 1 is 1.08 bits per heavy atom. The largest absolute Gasteiger partial charge is 0.385 e. The number of hydrogen-bond acceptors (Lipinski definition) is 2. The van der Waals surface area contributed by atoms with Crippen LogP contribution >= 0.6 is 0 Å². The zero-order valence-corrected chi connectivity index (χ0v) is 16.1. The van der Waals surface area contributed by atoms with Gasteiger partial charge in [0.1, 0.15) is 5.82 Å². The van der Waals surface area contributed by atoms with Gasteiger partial charge in [-0.1, -0.05) is 35.9 Å². The first-order valence-electron chi connectivity index (χ1n) is 9.07. The summed E-state index contributed by atoms with van der Waals surface area (Å²) in [4.78, 5) is 14.6. The predicted octanol–water partition coefficient (Wildman–Crippen LogP) is 5.35. The third kappa shape index (κ3) is 5.15. The van der Waals surface area contributed by atoms with Gasteiger partial charge in [0.25, 0.3) is 0 Å². The molecule has 0 spiro atoms. The predicted molar refractivity (Wildman–Crippen MR) is 104 cm³/mol. The fourth-order valence-corrected chi connectivity index (χ4v) is 3.00. The second kappa shape index (κ2) is 9.48. The van der Waals surface area contributed by atoms with E-state index in [1.165, 1.54) is 6.07 Å². The lowest BCUT2D eigenvalue weighted by molar-refractivity contribution is -0.119. The zero-order valence-electron chi connectivity index (χ0n) is 16.1. The smallest absolute Gasteiger partial charge is 0.227 e. The van der Waals surface area contributed by atoms with Crippen LogP contribution in [0.3, 0.4) is 0 Å². The molecule has 0 saturated heterocycles. The number of nitrogens with zero attached hydrogens (tertiary/aromatic N) is 1. The summed E-state index contributed by atoms with van der Waals surface area (Å²) in [5, 5.41) is 0. The number of unbranched alkanes of at least 4 members (excludes halogenated alkanes) is 1. The van der Waals surface area contributed by atoms with E-state index < -0.39 is 0 Å². The molecule has 0 radical (unpaired) electrons. The number of benzene rings is 2. The minimum Gasteiger partial charge on any atom is -0.385 e. The van der Waals surface area contributed by atoms with Gasteiger partial charge in [0.15, 0.2) is 0 Å². The number of halogens is 1. The van der Waals surface area contributed by atoms with Crippen molar-refractivity contribution in [3.8, 4) is 0 Å². The molecule has 2 aromatic carbocycles. The summed E-state index contributed by atoms with van der Waals surface area (Å²) < 4.78 is 19.6. The van der Waals surface area contributed by atoms with E-state index in [9.17, 15) is 9.18 Å². The number of carbonyl (C=O) groups excluding carboxylic acids is 1. The molecular weight excluding hydrogens is 329 g/mol. The van der Waals surface area contributed by atoms with E-state index in [1.54, 1.807) is 24.1 Å². The summed E-state index contributed by atoms with van der Waals surface area (Å²) >= 11 is 0. The van der Waals surface area contributed by atoms with Crippen molar-refractivity contribution in [3.05, 3.63) is 65.0 Å². The Morgan fingerprint density at radius 3 is 2.38 bits per heavy atom. The van der Waals surface area contributed by atoms with Crippen molar-refractivity contribution < 1.29 is 13.9 Å². The fraction of sp³-hybridized carbons (Fsp3) is 0.409. The van der Waals surface area contributed by atoms with Gasteiger partial charge in [0.2, 0.25) is 5.91 Å². The lowest BCUT2D eigenvalue weighted by Gasteiger charge is -2.30. The van der Waals surface area contributed by atoms with Gasteiger partial charge in [-0.05, 0) is 56.9 Å². The quantitative estimate of drug-likeness (QED) is 0.596. The van der Waals surface area contributed by atoms with Crippen LogP contribution in [-0.4, -0.2) is 19.6 Å². The van der Waals surface area contributed by atoms with E-state index in [4.69, 9.17) is 4.74 Å². The van der Waals surface area contributed by atoms with Gasteiger partial charge in [-0.3, -0.25) is 4.79 Å². The Balaban J connectivity index is 2.32. The molecule has 140 valence electrons. The average molecular weight is 357 g/mol. The molecular formula is C22H28FNO2. The molecule has 2 aromatic rings. The van der Waals surface area contributed by atoms with Crippen LogP contribution in [0.2, 0.25) is 0 Å². The van der Waals surface area contributed by atoms with Crippen molar-refractivity contribution in [1.29, 1.82) is 0 Å². The van der Waals surface area contributed by atoms with Gasteiger partial charge in [0, 0.05) is 20.1 Å². The second-order valence-electron chi connectivity index (χ2n) is 6.76. The maximum atomic E-state index is 14.5. The Morgan fingerprint density at radius 2 is 1.73 bits per heavy atom. The lowest BCUT2D eigenvalue weighted by Crippen LogP contribution is -2.34. The number of anilines is 1. The summed E-state index contributed by atoms with van der Waals surface area (Å²) in [6, 6.07) is 12.7. The summed E-state index contributed by atoms with van der Waals surface area (Å²) in [6.45, 7) is 6.49. The molecule has 0 aliphatic heterocycles. The van der Waals surface area contributed by atoms with Crippen LogP contribution < -0.4 is 4.90 Å². The highest BCUT2D eigenvalue weighted by Crippen LogP contribution is 2.31. The summed E-state index contributed by atoms with van der Waals surface area (Å²) in [7, 11) is 1.65. The van der Waals surface area contributed by atoms with Gasteiger partial charge in [-0.2, -0.15) is 0 Å². The van der Waals surface area contributed by atoms with Gasteiger partial charge < -0.3 is 9.64 Å². The van der Waals surface area contributed by atoms with Crippen LogP contribution in [-0.2, 0) is 9.53 Å². The lowest BCUT2D eigenvalue weighted by atomic mass is 10.0. The third-order valence-corrected chi connectivity index (χ3v) is 4.57. The second-order valence-corrected chi connectivity index (χ2v) is 6.76. The highest BCUT2D eigenvalue weighted by atomic mass is 19.1. The number of aryl methyl sites for hydroxylation is 2. The molecule has 0 N–H and O–H groups in total. The van der Waals surface area contributed by atoms with Crippen LogP contribution in [0, 0.1) is 19.7 Å². The summed E-state index contributed by atoms with van der Waals surface area (Å²) in [5.41, 5.74) is 3.41. The molecule has 26 heavy (non-hydrogen) atoms. The molecule has 0 saturated carbocycles. The van der Waals surface area contributed by atoms with E-state index in [0.717, 1.165) is 29.5 Å². The molecule has 0 aliphatic carbocycles.